The highest BCUT2D eigenvalue weighted by Gasteiger charge is 2.21. The summed E-state index contributed by atoms with van der Waals surface area (Å²) in [5.74, 6) is 0.294. The highest BCUT2D eigenvalue weighted by atomic mass is 16.6. The minimum atomic E-state index is -0.414. The molecule has 0 unspecified atom stereocenters. The molecule has 0 aliphatic carbocycles. The third-order valence-electron chi connectivity index (χ3n) is 2.35. The molecule has 0 atom stereocenters. The summed E-state index contributed by atoms with van der Waals surface area (Å²) in [6.45, 7) is 8.19. The van der Waals surface area contributed by atoms with Gasteiger partial charge < -0.3 is 10.1 Å². The summed E-state index contributed by atoms with van der Waals surface area (Å²) in [5, 5.41) is 14.2. The van der Waals surface area contributed by atoms with Crippen molar-refractivity contribution in [2.24, 2.45) is 0 Å². The molecule has 0 aliphatic heterocycles. The molecule has 1 aromatic carbocycles. The van der Waals surface area contributed by atoms with Crippen LogP contribution in [0.15, 0.2) is 29.8 Å². The maximum atomic E-state index is 11.2. The number of anilines is 1. The summed E-state index contributed by atoms with van der Waals surface area (Å²) < 4.78 is 5.48. The second-order valence-electron chi connectivity index (χ2n) is 4.74. The Bertz CT molecular complexity index is 478. The first kappa shape index (κ1) is 15.0. The quantitative estimate of drug-likeness (QED) is 0.482. The molecule has 0 saturated carbocycles. The Kier molecular flexibility index (Phi) is 5.36. The molecule has 0 fully saturated rings. The van der Waals surface area contributed by atoms with E-state index in [1.165, 1.54) is 0 Å². The monoisotopic (exact) mass is 264 g/mol. The fourth-order valence-electron chi connectivity index (χ4n) is 1.57. The maximum absolute atomic E-state index is 11.2. The van der Waals surface area contributed by atoms with E-state index in [1.807, 2.05) is 33.8 Å². The molecule has 0 aromatic heterocycles. The van der Waals surface area contributed by atoms with Gasteiger partial charge in [-0.2, -0.15) is 0 Å². The number of hydrogen-bond acceptors (Lipinski definition) is 4. The average Bonchev–Trinajstić information content (AvgIpc) is 2.27. The predicted octanol–water partition coefficient (Wildman–Crippen LogP) is 3.76. The number of para-hydroxylation sites is 1. The summed E-state index contributed by atoms with van der Waals surface area (Å²) in [6.07, 6.45) is 1.87. The topological polar surface area (TPSA) is 64.4 Å². The molecule has 1 rings (SSSR count). The summed E-state index contributed by atoms with van der Waals surface area (Å²) in [6, 6.07) is 5.05. The zero-order chi connectivity index (χ0) is 14.4. The van der Waals surface area contributed by atoms with Crippen molar-refractivity contribution in [3.05, 3.63) is 40.0 Å². The van der Waals surface area contributed by atoms with Gasteiger partial charge >= 0.3 is 5.69 Å². The van der Waals surface area contributed by atoms with Gasteiger partial charge in [0.15, 0.2) is 5.75 Å². The molecule has 0 spiro atoms. The molecule has 0 bridgehead atoms. The van der Waals surface area contributed by atoms with E-state index in [0.717, 1.165) is 5.57 Å². The number of benzene rings is 1. The maximum Gasteiger partial charge on any atom is 0.333 e. The molecule has 0 amide bonds. The summed E-state index contributed by atoms with van der Waals surface area (Å²) in [5.41, 5.74) is 1.61. The molecule has 0 aliphatic rings. The van der Waals surface area contributed by atoms with Gasteiger partial charge in [-0.3, -0.25) is 10.1 Å². The Morgan fingerprint density at radius 1 is 1.47 bits per heavy atom. The third-order valence-corrected chi connectivity index (χ3v) is 2.35. The minimum Gasteiger partial charge on any atom is -0.484 e. The number of nitrogens with zero attached hydrogens (tertiary/aromatic N) is 1. The van der Waals surface area contributed by atoms with Crippen LogP contribution in [-0.2, 0) is 0 Å². The predicted molar refractivity (Wildman–Crippen MR) is 76.8 cm³/mol. The van der Waals surface area contributed by atoms with Gasteiger partial charge in [-0.1, -0.05) is 17.7 Å². The van der Waals surface area contributed by atoms with E-state index in [0.29, 0.717) is 18.0 Å². The van der Waals surface area contributed by atoms with Crippen LogP contribution in [0, 0.1) is 10.1 Å². The molecule has 1 N–H and O–H groups in total. The molecule has 0 radical (unpaired) electrons. The molecule has 0 saturated heterocycles. The molecule has 1 aromatic rings. The number of hydrogen-bond donors (Lipinski definition) is 1. The van der Waals surface area contributed by atoms with Gasteiger partial charge in [0.2, 0.25) is 0 Å². The first-order valence-corrected chi connectivity index (χ1v) is 6.23. The van der Waals surface area contributed by atoms with E-state index in [4.69, 9.17) is 4.74 Å². The number of nitro groups is 1. The van der Waals surface area contributed by atoms with Crippen molar-refractivity contribution in [2.75, 3.05) is 11.9 Å². The lowest BCUT2D eigenvalue weighted by atomic mass is 10.2. The van der Waals surface area contributed by atoms with E-state index in [-0.39, 0.29) is 11.8 Å². The SMILES string of the molecule is CC(C)=CCNc1cccc(OC(C)C)c1[N+](=O)[O-]. The Morgan fingerprint density at radius 2 is 2.16 bits per heavy atom. The lowest BCUT2D eigenvalue weighted by molar-refractivity contribution is -0.385. The first-order valence-electron chi connectivity index (χ1n) is 6.23. The highest BCUT2D eigenvalue weighted by Crippen LogP contribution is 2.35. The molecule has 104 valence electrons. The van der Waals surface area contributed by atoms with Crippen LogP contribution in [0.3, 0.4) is 0 Å². The molecular formula is C14H20N2O3. The molecule has 19 heavy (non-hydrogen) atoms. The van der Waals surface area contributed by atoms with Crippen molar-refractivity contribution in [2.45, 2.75) is 33.8 Å². The van der Waals surface area contributed by atoms with Crippen molar-refractivity contribution < 1.29 is 9.66 Å². The van der Waals surface area contributed by atoms with Gasteiger partial charge in [0, 0.05) is 6.54 Å². The lowest BCUT2D eigenvalue weighted by Crippen LogP contribution is -2.09. The van der Waals surface area contributed by atoms with Crippen molar-refractivity contribution in [3.8, 4) is 5.75 Å². The summed E-state index contributed by atoms with van der Waals surface area (Å²) >= 11 is 0. The number of rotatable bonds is 6. The Hall–Kier alpha value is -2.04. The third kappa shape index (κ3) is 4.62. The van der Waals surface area contributed by atoms with E-state index < -0.39 is 4.92 Å². The van der Waals surface area contributed by atoms with Gasteiger partial charge in [0.1, 0.15) is 5.69 Å². The summed E-state index contributed by atoms with van der Waals surface area (Å²) in [7, 11) is 0. The van der Waals surface area contributed by atoms with Gasteiger partial charge in [-0.25, -0.2) is 0 Å². The number of nitro benzene ring substituents is 1. The van der Waals surface area contributed by atoms with Crippen LogP contribution in [0.1, 0.15) is 27.7 Å². The van der Waals surface area contributed by atoms with E-state index in [9.17, 15) is 10.1 Å². The number of ether oxygens (including phenoxy) is 1. The van der Waals surface area contributed by atoms with Crippen LogP contribution in [-0.4, -0.2) is 17.6 Å². The second kappa shape index (κ2) is 6.78. The highest BCUT2D eigenvalue weighted by molar-refractivity contribution is 5.68. The fourth-order valence-corrected chi connectivity index (χ4v) is 1.57. The van der Waals surface area contributed by atoms with Crippen molar-refractivity contribution >= 4 is 11.4 Å². The number of nitrogens with one attached hydrogen (secondary N) is 1. The van der Waals surface area contributed by atoms with Crippen molar-refractivity contribution in [1.29, 1.82) is 0 Å². The second-order valence-corrected chi connectivity index (χ2v) is 4.74. The van der Waals surface area contributed by atoms with Crippen molar-refractivity contribution in [3.63, 3.8) is 0 Å². The average molecular weight is 264 g/mol. The van der Waals surface area contributed by atoms with Gasteiger partial charge in [0.25, 0.3) is 0 Å². The Morgan fingerprint density at radius 3 is 2.68 bits per heavy atom. The van der Waals surface area contributed by atoms with Crippen molar-refractivity contribution in [1.82, 2.24) is 0 Å². The van der Waals surface area contributed by atoms with Gasteiger partial charge in [-0.05, 0) is 39.8 Å². The Labute approximate surface area is 113 Å². The smallest absolute Gasteiger partial charge is 0.333 e. The standard InChI is InChI=1S/C14H20N2O3/c1-10(2)8-9-15-12-6-5-7-13(19-11(3)4)14(12)16(17)18/h5-8,11,15H,9H2,1-4H3. The zero-order valence-electron chi connectivity index (χ0n) is 11.8. The molecule has 5 nitrogen and oxygen atoms in total. The van der Waals surface area contributed by atoms with Crippen LogP contribution in [0.5, 0.6) is 5.75 Å². The van der Waals surface area contributed by atoms with Crippen LogP contribution < -0.4 is 10.1 Å². The lowest BCUT2D eigenvalue weighted by Gasteiger charge is -2.12. The fraction of sp³-hybridized carbons (Fsp3) is 0.429. The zero-order valence-corrected chi connectivity index (χ0v) is 11.8. The molecule has 5 heteroatoms. The van der Waals surface area contributed by atoms with Crippen LogP contribution >= 0.6 is 0 Å². The first-order chi connectivity index (χ1) is 8.91. The van der Waals surface area contributed by atoms with E-state index >= 15 is 0 Å². The van der Waals surface area contributed by atoms with Crippen LogP contribution in [0.25, 0.3) is 0 Å². The van der Waals surface area contributed by atoms with E-state index in [2.05, 4.69) is 5.32 Å². The van der Waals surface area contributed by atoms with Gasteiger partial charge in [0.05, 0.1) is 11.0 Å². The minimum absolute atomic E-state index is 0.0154. The van der Waals surface area contributed by atoms with Gasteiger partial charge in [-0.15, -0.1) is 0 Å². The summed E-state index contributed by atoms with van der Waals surface area (Å²) in [4.78, 5) is 10.8. The van der Waals surface area contributed by atoms with Crippen LogP contribution in [0.2, 0.25) is 0 Å². The molecular weight excluding hydrogens is 244 g/mol. The largest absolute Gasteiger partial charge is 0.484 e. The normalized spacial score (nSPS) is 10.2. The molecule has 0 heterocycles. The number of allylic oxidation sites excluding steroid dienone is 1. The Balaban J connectivity index is 3.02. The van der Waals surface area contributed by atoms with Crippen LogP contribution in [0.4, 0.5) is 11.4 Å². The van der Waals surface area contributed by atoms with E-state index in [1.54, 1.807) is 18.2 Å².